The van der Waals surface area contributed by atoms with Gasteiger partial charge in [-0.15, -0.1) is 11.3 Å². The fraction of sp³-hybridized carbons (Fsp3) is 0.364. The molecule has 1 saturated carbocycles. The van der Waals surface area contributed by atoms with Crippen LogP contribution in [0.15, 0.2) is 28.4 Å². The number of aromatic amines is 2. The zero-order valence-corrected chi connectivity index (χ0v) is 17.2. The van der Waals surface area contributed by atoms with E-state index in [2.05, 4.69) is 32.7 Å². The summed E-state index contributed by atoms with van der Waals surface area (Å²) in [7, 11) is 0. The van der Waals surface area contributed by atoms with Crippen LogP contribution in [0.5, 0.6) is 0 Å². The lowest BCUT2D eigenvalue weighted by atomic mass is 9.89. The van der Waals surface area contributed by atoms with Crippen molar-refractivity contribution in [2.45, 2.75) is 37.8 Å². The van der Waals surface area contributed by atoms with Gasteiger partial charge in [-0.2, -0.15) is 0 Å². The van der Waals surface area contributed by atoms with Crippen molar-refractivity contribution in [1.82, 2.24) is 20.3 Å². The molecule has 4 heterocycles. The summed E-state index contributed by atoms with van der Waals surface area (Å²) in [5.41, 5.74) is 6.54. The molecule has 1 aromatic carbocycles. The second-order valence-corrected chi connectivity index (χ2v) is 9.22. The van der Waals surface area contributed by atoms with Crippen LogP contribution in [0.25, 0.3) is 32.6 Å². The molecule has 1 aliphatic heterocycles. The highest BCUT2D eigenvalue weighted by Crippen LogP contribution is 2.36. The van der Waals surface area contributed by atoms with Crippen LogP contribution in [0.2, 0.25) is 0 Å². The Kier molecular flexibility index (Phi) is 4.19. The second kappa shape index (κ2) is 6.94. The van der Waals surface area contributed by atoms with E-state index in [1.54, 1.807) is 11.3 Å². The Balaban J connectivity index is 1.51. The fourth-order valence-electron chi connectivity index (χ4n) is 4.59. The van der Waals surface area contributed by atoms with E-state index >= 15 is 0 Å². The third kappa shape index (κ3) is 2.94. The number of H-pyrrole nitrogens is 2. The monoisotopic (exact) mass is 421 g/mol. The van der Waals surface area contributed by atoms with Gasteiger partial charge < -0.3 is 25.7 Å². The number of hydrogen-bond acceptors (Lipinski definition) is 6. The average Bonchev–Trinajstić information content (AvgIpc) is 3.25. The van der Waals surface area contributed by atoms with E-state index in [-0.39, 0.29) is 17.7 Å². The number of aliphatic hydroxyl groups is 1. The van der Waals surface area contributed by atoms with Gasteiger partial charge in [0, 0.05) is 6.04 Å². The minimum Gasteiger partial charge on any atom is -0.393 e. The van der Waals surface area contributed by atoms with Crippen molar-refractivity contribution < 1.29 is 5.11 Å². The molecule has 0 bridgehead atoms. The quantitative estimate of drug-likeness (QED) is 0.350. The number of nitrogens with one attached hydrogen (secondary N) is 4. The number of nitrogens with zero attached hydrogens (tertiary/aromatic N) is 1. The normalized spacial score (nSPS) is 21.4. The van der Waals surface area contributed by atoms with E-state index in [4.69, 9.17) is 4.98 Å². The van der Waals surface area contributed by atoms with Crippen LogP contribution in [0.4, 0.5) is 5.69 Å². The van der Waals surface area contributed by atoms with Gasteiger partial charge in [0.25, 0.3) is 5.56 Å². The number of fused-ring (bicyclic) bond motifs is 3. The number of hydrogen-bond donors (Lipinski definition) is 5. The van der Waals surface area contributed by atoms with Crippen LogP contribution >= 0.6 is 11.3 Å². The third-order valence-electron chi connectivity index (χ3n) is 6.26. The number of aliphatic hydroxyl groups excluding tert-OH is 1. The highest BCUT2D eigenvalue weighted by atomic mass is 32.1. The SMILES string of the molecule is O=c1[nH]c2ccsc2c(NC2CC(O)C2)c1-c1nc2cc3c(cc2[nH]1)CCNCC3. The lowest BCUT2D eigenvalue weighted by molar-refractivity contribution is 0.0837. The molecule has 0 atom stereocenters. The van der Waals surface area contributed by atoms with Crippen molar-refractivity contribution in [3.63, 3.8) is 0 Å². The largest absolute Gasteiger partial charge is 0.393 e. The summed E-state index contributed by atoms with van der Waals surface area (Å²) in [4.78, 5) is 24.3. The molecule has 1 aliphatic carbocycles. The standard InChI is InChI=1S/C22H23N5O2S/c28-14-9-13(10-14)24-19-18(22(29)27-15-3-6-30-20(15)19)21-25-16-7-11-1-4-23-5-2-12(11)8-17(16)26-21/h3,6-8,13-14,23,28H,1-2,4-5,9-10H2,(H,25,26)(H2,24,27,29). The highest BCUT2D eigenvalue weighted by molar-refractivity contribution is 7.17. The van der Waals surface area contributed by atoms with Crippen LogP contribution in [0.1, 0.15) is 24.0 Å². The molecule has 4 aromatic rings. The van der Waals surface area contributed by atoms with Crippen molar-refractivity contribution >= 4 is 38.3 Å². The first-order valence-corrected chi connectivity index (χ1v) is 11.3. The Hall–Kier alpha value is -2.68. The van der Waals surface area contributed by atoms with Crippen LogP contribution in [-0.4, -0.2) is 45.3 Å². The molecule has 154 valence electrons. The predicted molar refractivity (Wildman–Crippen MR) is 120 cm³/mol. The third-order valence-corrected chi connectivity index (χ3v) is 7.19. The van der Waals surface area contributed by atoms with Gasteiger partial charge in [-0.25, -0.2) is 4.98 Å². The first kappa shape index (κ1) is 18.1. The van der Waals surface area contributed by atoms with Gasteiger partial charge in [0.2, 0.25) is 0 Å². The van der Waals surface area contributed by atoms with Crippen molar-refractivity contribution in [2.75, 3.05) is 18.4 Å². The highest BCUT2D eigenvalue weighted by Gasteiger charge is 2.29. The molecule has 8 heteroatoms. The molecule has 6 rings (SSSR count). The predicted octanol–water partition coefficient (Wildman–Crippen LogP) is 2.76. The first-order valence-electron chi connectivity index (χ1n) is 10.5. The fourth-order valence-corrected chi connectivity index (χ4v) is 5.45. The first-order chi connectivity index (χ1) is 14.7. The number of aromatic nitrogens is 3. The molecule has 5 N–H and O–H groups in total. The topological polar surface area (TPSA) is 106 Å². The maximum atomic E-state index is 13.1. The minimum absolute atomic E-state index is 0.159. The minimum atomic E-state index is -0.261. The Morgan fingerprint density at radius 2 is 1.90 bits per heavy atom. The summed E-state index contributed by atoms with van der Waals surface area (Å²) < 4.78 is 1.01. The lowest BCUT2D eigenvalue weighted by Crippen LogP contribution is -2.39. The van der Waals surface area contributed by atoms with Gasteiger partial charge in [0.15, 0.2) is 0 Å². The molecule has 1 fully saturated rings. The molecule has 3 aromatic heterocycles. The number of rotatable bonds is 3. The van der Waals surface area contributed by atoms with Gasteiger partial charge >= 0.3 is 0 Å². The van der Waals surface area contributed by atoms with E-state index in [0.29, 0.717) is 24.2 Å². The van der Waals surface area contributed by atoms with Crippen LogP contribution in [0.3, 0.4) is 0 Å². The van der Waals surface area contributed by atoms with E-state index in [0.717, 1.165) is 52.9 Å². The Morgan fingerprint density at radius 1 is 1.10 bits per heavy atom. The zero-order valence-electron chi connectivity index (χ0n) is 16.4. The Morgan fingerprint density at radius 3 is 2.70 bits per heavy atom. The maximum Gasteiger partial charge on any atom is 0.261 e. The number of thiophene rings is 1. The molecule has 0 unspecified atom stereocenters. The van der Waals surface area contributed by atoms with Gasteiger partial charge in [-0.1, -0.05) is 0 Å². The number of imidazole rings is 1. The summed E-state index contributed by atoms with van der Waals surface area (Å²) in [6, 6.07) is 6.43. The molecule has 0 radical (unpaired) electrons. The van der Waals surface area contributed by atoms with E-state index in [1.165, 1.54) is 11.1 Å². The number of pyridine rings is 1. The van der Waals surface area contributed by atoms with Crippen molar-refractivity contribution in [3.05, 3.63) is 45.1 Å². The lowest BCUT2D eigenvalue weighted by Gasteiger charge is -2.33. The molecule has 30 heavy (non-hydrogen) atoms. The molecular formula is C22H23N5O2S. The number of anilines is 1. The molecular weight excluding hydrogens is 398 g/mol. The smallest absolute Gasteiger partial charge is 0.261 e. The summed E-state index contributed by atoms with van der Waals surface area (Å²) in [5.74, 6) is 0.585. The summed E-state index contributed by atoms with van der Waals surface area (Å²) >= 11 is 1.59. The molecule has 2 aliphatic rings. The van der Waals surface area contributed by atoms with Crippen molar-refractivity contribution in [1.29, 1.82) is 0 Å². The maximum absolute atomic E-state index is 13.1. The summed E-state index contributed by atoms with van der Waals surface area (Å²) in [6.45, 7) is 1.96. The summed E-state index contributed by atoms with van der Waals surface area (Å²) in [5, 5.41) is 18.6. The van der Waals surface area contributed by atoms with E-state index in [1.807, 2.05) is 11.4 Å². The van der Waals surface area contributed by atoms with Gasteiger partial charge in [0.1, 0.15) is 11.4 Å². The van der Waals surface area contributed by atoms with E-state index in [9.17, 15) is 9.90 Å². The summed E-state index contributed by atoms with van der Waals surface area (Å²) in [6.07, 6.45) is 3.12. The zero-order chi connectivity index (χ0) is 20.2. The molecule has 0 amide bonds. The van der Waals surface area contributed by atoms with Crippen molar-refractivity contribution in [2.24, 2.45) is 0 Å². The van der Waals surface area contributed by atoms with Crippen LogP contribution in [-0.2, 0) is 12.8 Å². The number of benzene rings is 1. The van der Waals surface area contributed by atoms with Crippen LogP contribution < -0.4 is 16.2 Å². The molecule has 0 spiro atoms. The average molecular weight is 422 g/mol. The van der Waals surface area contributed by atoms with E-state index < -0.39 is 0 Å². The van der Waals surface area contributed by atoms with Crippen molar-refractivity contribution in [3.8, 4) is 11.4 Å². The van der Waals surface area contributed by atoms with Crippen LogP contribution in [0, 0.1) is 0 Å². The second-order valence-electron chi connectivity index (χ2n) is 8.31. The Bertz CT molecular complexity index is 1270. The molecule has 7 nitrogen and oxygen atoms in total. The molecule has 0 saturated heterocycles. The van der Waals surface area contributed by atoms with Gasteiger partial charge in [-0.05, 0) is 73.5 Å². The van der Waals surface area contributed by atoms with Gasteiger partial charge in [0.05, 0.1) is 33.0 Å². The Labute approximate surface area is 176 Å². The van der Waals surface area contributed by atoms with Gasteiger partial charge in [-0.3, -0.25) is 4.79 Å².